The van der Waals surface area contributed by atoms with Crippen molar-refractivity contribution in [2.45, 2.75) is 32.7 Å². The molecule has 1 unspecified atom stereocenters. The Morgan fingerprint density at radius 2 is 1.89 bits per heavy atom. The van der Waals surface area contributed by atoms with Crippen molar-refractivity contribution in [1.82, 2.24) is 10.6 Å². The number of benzene rings is 2. The maximum absolute atomic E-state index is 12.6. The van der Waals surface area contributed by atoms with Crippen LogP contribution in [-0.2, 0) is 11.3 Å². The molecular formula is C22H27N3O2. The first-order valence-corrected chi connectivity index (χ1v) is 9.55. The summed E-state index contributed by atoms with van der Waals surface area (Å²) in [6, 6.07) is 15.2. The molecule has 0 saturated carbocycles. The van der Waals surface area contributed by atoms with E-state index in [0.29, 0.717) is 30.1 Å². The molecule has 0 spiro atoms. The lowest BCUT2D eigenvalue weighted by atomic mass is 10.0. The van der Waals surface area contributed by atoms with Gasteiger partial charge in [0.25, 0.3) is 5.91 Å². The highest BCUT2D eigenvalue weighted by atomic mass is 16.2. The number of para-hydroxylation sites is 1. The lowest BCUT2D eigenvalue weighted by Crippen LogP contribution is -2.25. The molecule has 142 valence electrons. The summed E-state index contributed by atoms with van der Waals surface area (Å²) >= 11 is 0. The van der Waals surface area contributed by atoms with Crippen LogP contribution in [0.25, 0.3) is 0 Å². The molecule has 0 bridgehead atoms. The average Bonchev–Trinajstić information content (AvgIpc) is 3.20. The zero-order valence-electron chi connectivity index (χ0n) is 15.8. The maximum Gasteiger partial charge on any atom is 0.253 e. The van der Waals surface area contributed by atoms with Crippen LogP contribution in [0.5, 0.6) is 0 Å². The molecule has 2 amide bonds. The molecule has 1 aliphatic rings. The van der Waals surface area contributed by atoms with Gasteiger partial charge in [-0.2, -0.15) is 0 Å². The minimum absolute atomic E-state index is 0.0410. The number of hydrogen-bond donors (Lipinski definition) is 3. The van der Waals surface area contributed by atoms with Gasteiger partial charge in [-0.05, 0) is 56.5 Å². The summed E-state index contributed by atoms with van der Waals surface area (Å²) in [7, 11) is 0. The zero-order chi connectivity index (χ0) is 19.1. The molecule has 2 aromatic carbocycles. The van der Waals surface area contributed by atoms with Crippen molar-refractivity contribution >= 4 is 17.5 Å². The summed E-state index contributed by atoms with van der Waals surface area (Å²) < 4.78 is 0. The summed E-state index contributed by atoms with van der Waals surface area (Å²) in [5.41, 5.74) is 3.28. The van der Waals surface area contributed by atoms with Crippen LogP contribution in [0.1, 0.15) is 40.7 Å². The van der Waals surface area contributed by atoms with Crippen molar-refractivity contribution in [3.63, 3.8) is 0 Å². The molecular weight excluding hydrogens is 338 g/mol. The van der Waals surface area contributed by atoms with Crippen LogP contribution in [0.4, 0.5) is 5.69 Å². The molecule has 0 aliphatic carbocycles. The summed E-state index contributed by atoms with van der Waals surface area (Å²) in [6.45, 7) is 4.52. The maximum atomic E-state index is 12.6. The normalized spacial score (nSPS) is 16.1. The second kappa shape index (κ2) is 9.33. The Labute approximate surface area is 160 Å². The first-order valence-electron chi connectivity index (χ1n) is 9.55. The summed E-state index contributed by atoms with van der Waals surface area (Å²) in [4.78, 5) is 24.9. The van der Waals surface area contributed by atoms with Gasteiger partial charge in [0.1, 0.15) is 0 Å². The van der Waals surface area contributed by atoms with E-state index in [1.165, 1.54) is 5.56 Å². The fraction of sp³-hybridized carbons (Fsp3) is 0.364. The highest BCUT2D eigenvalue weighted by Crippen LogP contribution is 2.18. The van der Waals surface area contributed by atoms with E-state index in [1.54, 1.807) is 18.2 Å². The molecule has 3 rings (SSSR count). The molecule has 2 aromatic rings. The highest BCUT2D eigenvalue weighted by Gasteiger charge is 2.17. The molecule has 27 heavy (non-hydrogen) atoms. The SMILES string of the molecule is Cc1ccc(CNC(=O)c2ccccc2NC(=O)CCC2CCNC2)cc1. The van der Waals surface area contributed by atoms with Gasteiger partial charge in [-0.25, -0.2) is 0 Å². The van der Waals surface area contributed by atoms with Gasteiger partial charge in [-0.15, -0.1) is 0 Å². The second-order valence-corrected chi connectivity index (χ2v) is 7.16. The molecule has 0 aromatic heterocycles. The van der Waals surface area contributed by atoms with Gasteiger partial charge in [-0.3, -0.25) is 9.59 Å². The average molecular weight is 365 g/mol. The smallest absolute Gasteiger partial charge is 0.253 e. The molecule has 5 heteroatoms. The first kappa shape index (κ1) is 19.1. The first-order chi connectivity index (χ1) is 13.1. The minimum Gasteiger partial charge on any atom is -0.348 e. The van der Waals surface area contributed by atoms with Gasteiger partial charge in [0.15, 0.2) is 0 Å². The van der Waals surface area contributed by atoms with Crippen LogP contribution in [0.3, 0.4) is 0 Å². The Kier molecular flexibility index (Phi) is 6.60. The van der Waals surface area contributed by atoms with E-state index in [-0.39, 0.29) is 11.8 Å². The van der Waals surface area contributed by atoms with Crippen molar-refractivity contribution in [2.24, 2.45) is 5.92 Å². The Bertz CT molecular complexity index is 780. The van der Waals surface area contributed by atoms with Crippen molar-refractivity contribution in [1.29, 1.82) is 0 Å². The molecule has 1 saturated heterocycles. The van der Waals surface area contributed by atoms with E-state index in [0.717, 1.165) is 31.5 Å². The summed E-state index contributed by atoms with van der Waals surface area (Å²) in [5.74, 6) is 0.343. The summed E-state index contributed by atoms with van der Waals surface area (Å²) in [5, 5.41) is 9.14. The highest BCUT2D eigenvalue weighted by molar-refractivity contribution is 6.03. The van der Waals surface area contributed by atoms with E-state index in [1.807, 2.05) is 37.3 Å². The molecule has 3 N–H and O–H groups in total. The second-order valence-electron chi connectivity index (χ2n) is 7.16. The van der Waals surface area contributed by atoms with Crippen molar-refractivity contribution in [3.8, 4) is 0 Å². The van der Waals surface area contributed by atoms with Crippen LogP contribution < -0.4 is 16.0 Å². The molecule has 1 atom stereocenters. The largest absolute Gasteiger partial charge is 0.348 e. The number of amides is 2. The number of carbonyl (C=O) groups is 2. The Morgan fingerprint density at radius 1 is 1.11 bits per heavy atom. The third-order valence-electron chi connectivity index (χ3n) is 4.96. The Hall–Kier alpha value is -2.66. The van der Waals surface area contributed by atoms with Gasteiger partial charge in [0.2, 0.25) is 5.91 Å². The standard InChI is InChI=1S/C22H27N3O2/c1-16-6-8-17(9-7-16)15-24-22(27)19-4-2-3-5-20(19)25-21(26)11-10-18-12-13-23-14-18/h2-9,18,23H,10-15H2,1H3,(H,24,27)(H,25,26). The lowest BCUT2D eigenvalue weighted by Gasteiger charge is -2.13. The topological polar surface area (TPSA) is 70.2 Å². The fourth-order valence-corrected chi connectivity index (χ4v) is 3.28. The van der Waals surface area contributed by atoms with Crippen molar-refractivity contribution in [3.05, 3.63) is 65.2 Å². The van der Waals surface area contributed by atoms with Crippen LogP contribution in [0.15, 0.2) is 48.5 Å². The number of nitrogens with one attached hydrogen (secondary N) is 3. The third kappa shape index (κ3) is 5.66. The van der Waals surface area contributed by atoms with E-state index >= 15 is 0 Å². The number of carbonyl (C=O) groups excluding carboxylic acids is 2. The number of rotatable bonds is 7. The Balaban J connectivity index is 1.56. The predicted octanol–water partition coefficient (Wildman–Crippen LogP) is 3.25. The van der Waals surface area contributed by atoms with Crippen LogP contribution >= 0.6 is 0 Å². The monoisotopic (exact) mass is 365 g/mol. The van der Waals surface area contributed by atoms with Crippen LogP contribution in [0, 0.1) is 12.8 Å². The fourth-order valence-electron chi connectivity index (χ4n) is 3.28. The molecule has 0 radical (unpaired) electrons. The van der Waals surface area contributed by atoms with E-state index in [4.69, 9.17) is 0 Å². The molecule has 5 nitrogen and oxygen atoms in total. The molecule has 1 fully saturated rings. The van der Waals surface area contributed by atoms with Gasteiger partial charge in [0, 0.05) is 13.0 Å². The van der Waals surface area contributed by atoms with Gasteiger partial charge < -0.3 is 16.0 Å². The van der Waals surface area contributed by atoms with E-state index in [2.05, 4.69) is 16.0 Å². The Morgan fingerprint density at radius 3 is 2.63 bits per heavy atom. The van der Waals surface area contributed by atoms with Crippen molar-refractivity contribution < 1.29 is 9.59 Å². The van der Waals surface area contributed by atoms with Crippen LogP contribution in [-0.4, -0.2) is 24.9 Å². The number of hydrogen-bond acceptors (Lipinski definition) is 3. The summed E-state index contributed by atoms with van der Waals surface area (Å²) in [6.07, 6.45) is 2.48. The van der Waals surface area contributed by atoms with Gasteiger partial charge in [0.05, 0.1) is 11.3 Å². The van der Waals surface area contributed by atoms with Gasteiger partial charge in [-0.1, -0.05) is 42.0 Å². The minimum atomic E-state index is -0.188. The van der Waals surface area contributed by atoms with E-state index < -0.39 is 0 Å². The molecule has 1 heterocycles. The van der Waals surface area contributed by atoms with Gasteiger partial charge >= 0.3 is 0 Å². The zero-order valence-corrected chi connectivity index (χ0v) is 15.8. The predicted molar refractivity (Wildman–Crippen MR) is 108 cm³/mol. The third-order valence-corrected chi connectivity index (χ3v) is 4.96. The number of anilines is 1. The van der Waals surface area contributed by atoms with Crippen molar-refractivity contribution in [2.75, 3.05) is 18.4 Å². The lowest BCUT2D eigenvalue weighted by molar-refractivity contribution is -0.116. The quantitative estimate of drug-likeness (QED) is 0.705. The van der Waals surface area contributed by atoms with Crippen LogP contribution in [0.2, 0.25) is 0 Å². The number of aryl methyl sites for hydroxylation is 1. The van der Waals surface area contributed by atoms with E-state index in [9.17, 15) is 9.59 Å². The molecule has 1 aliphatic heterocycles.